The van der Waals surface area contributed by atoms with Gasteiger partial charge in [-0.05, 0) is 66.9 Å². The molecule has 1 atom stereocenters. The molecule has 1 unspecified atom stereocenters. The first-order valence-corrected chi connectivity index (χ1v) is 10.6. The first-order chi connectivity index (χ1) is 14.2. The van der Waals surface area contributed by atoms with Gasteiger partial charge in [-0.25, -0.2) is 4.98 Å². The van der Waals surface area contributed by atoms with Crippen molar-refractivity contribution in [3.8, 4) is 5.75 Å². The zero-order chi connectivity index (χ0) is 20.2. The molecule has 152 valence electrons. The largest absolute Gasteiger partial charge is 0.496 e. The maximum atomic E-state index is 5.74. The van der Waals surface area contributed by atoms with Crippen LogP contribution in [0.4, 0.5) is 0 Å². The number of rotatable bonds is 7. The van der Waals surface area contributed by atoms with Crippen LogP contribution >= 0.6 is 0 Å². The Hall–Kier alpha value is -2.50. The quantitative estimate of drug-likeness (QED) is 0.666. The highest BCUT2D eigenvalue weighted by atomic mass is 16.5. The highest BCUT2D eigenvalue weighted by Crippen LogP contribution is 2.33. The summed E-state index contributed by atoms with van der Waals surface area (Å²) in [6, 6.07) is 12.7. The Kier molecular flexibility index (Phi) is 6.07. The number of benzene rings is 2. The van der Waals surface area contributed by atoms with Gasteiger partial charge in [0.25, 0.3) is 0 Å². The summed E-state index contributed by atoms with van der Waals surface area (Å²) < 4.78 is 5.74. The van der Waals surface area contributed by atoms with Crippen LogP contribution in [0.3, 0.4) is 0 Å². The van der Waals surface area contributed by atoms with E-state index in [1.54, 1.807) is 7.11 Å². The summed E-state index contributed by atoms with van der Waals surface area (Å²) in [5, 5.41) is 3.65. The van der Waals surface area contributed by atoms with Crippen LogP contribution in [0.5, 0.6) is 5.75 Å². The molecule has 0 amide bonds. The lowest BCUT2D eigenvalue weighted by molar-refractivity contribution is 0.305. The van der Waals surface area contributed by atoms with Crippen LogP contribution in [-0.4, -0.2) is 48.2 Å². The van der Waals surface area contributed by atoms with Crippen molar-refractivity contribution in [2.45, 2.75) is 32.7 Å². The van der Waals surface area contributed by atoms with Crippen LogP contribution in [0.15, 0.2) is 42.6 Å². The molecule has 0 saturated carbocycles. The van der Waals surface area contributed by atoms with Gasteiger partial charge in [-0.3, -0.25) is 4.98 Å². The van der Waals surface area contributed by atoms with E-state index in [-0.39, 0.29) is 6.04 Å². The fraction of sp³-hybridized carbons (Fsp3) is 0.417. The van der Waals surface area contributed by atoms with E-state index in [0.717, 1.165) is 61.5 Å². The predicted octanol–water partition coefficient (Wildman–Crippen LogP) is 3.76. The summed E-state index contributed by atoms with van der Waals surface area (Å²) in [5.74, 6) is 1.00. The number of para-hydroxylation sites is 2. The maximum Gasteiger partial charge on any atom is 0.122 e. The summed E-state index contributed by atoms with van der Waals surface area (Å²) in [4.78, 5) is 12.0. The van der Waals surface area contributed by atoms with E-state index in [1.807, 2.05) is 30.5 Å². The predicted molar refractivity (Wildman–Crippen MR) is 118 cm³/mol. The number of nitrogens with one attached hydrogen (secondary N) is 1. The third kappa shape index (κ3) is 4.11. The van der Waals surface area contributed by atoms with E-state index in [0.29, 0.717) is 0 Å². The van der Waals surface area contributed by atoms with Gasteiger partial charge < -0.3 is 15.0 Å². The molecule has 0 spiro atoms. The summed E-state index contributed by atoms with van der Waals surface area (Å²) in [6.07, 6.45) is 3.89. The minimum atomic E-state index is 0.0639. The molecule has 0 radical (unpaired) electrons. The number of hydrogen-bond acceptors (Lipinski definition) is 5. The van der Waals surface area contributed by atoms with E-state index in [2.05, 4.69) is 41.2 Å². The Bertz CT molecular complexity index is 984. The van der Waals surface area contributed by atoms with Gasteiger partial charge in [0, 0.05) is 13.1 Å². The molecule has 4 rings (SSSR count). The van der Waals surface area contributed by atoms with Gasteiger partial charge in [0.1, 0.15) is 5.75 Å². The van der Waals surface area contributed by atoms with Crippen LogP contribution < -0.4 is 10.1 Å². The van der Waals surface area contributed by atoms with E-state index in [9.17, 15) is 0 Å². The molecule has 3 aromatic rings. The van der Waals surface area contributed by atoms with Crippen LogP contribution in [0.2, 0.25) is 0 Å². The van der Waals surface area contributed by atoms with Crippen molar-refractivity contribution in [3.05, 3.63) is 65.0 Å². The number of hydrogen-bond donors (Lipinski definition) is 1. The smallest absolute Gasteiger partial charge is 0.122 e. The average Bonchev–Trinajstić information content (AvgIpc) is 2.78. The summed E-state index contributed by atoms with van der Waals surface area (Å²) >= 11 is 0. The molecule has 1 aromatic heterocycles. The monoisotopic (exact) mass is 390 g/mol. The van der Waals surface area contributed by atoms with E-state index >= 15 is 0 Å². The summed E-state index contributed by atoms with van der Waals surface area (Å²) in [7, 11) is 1.77. The molecule has 5 nitrogen and oxygen atoms in total. The Labute approximate surface area is 173 Å². The normalized spacial score (nSPS) is 16.2. The molecule has 0 bridgehead atoms. The number of aromatic nitrogens is 2. The lowest BCUT2D eigenvalue weighted by Gasteiger charge is -2.28. The fourth-order valence-electron chi connectivity index (χ4n) is 4.21. The van der Waals surface area contributed by atoms with Crippen molar-refractivity contribution in [2.24, 2.45) is 0 Å². The van der Waals surface area contributed by atoms with Gasteiger partial charge in [-0.2, -0.15) is 0 Å². The van der Waals surface area contributed by atoms with E-state index in [1.165, 1.54) is 16.7 Å². The molecule has 0 saturated heterocycles. The highest BCUT2D eigenvalue weighted by Gasteiger charge is 2.25. The van der Waals surface area contributed by atoms with Gasteiger partial charge in [-0.1, -0.05) is 26.0 Å². The van der Waals surface area contributed by atoms with Crippen molar-refractivity contribution in [2.75, 3.05) is 33.3 Å². The van der Waals surface area contributed by atoms with Crippen molar-refractivity contribution in [1.29, 1.82) is 0 Å². The van der Waals surface area contributed by atoms with Crippen molar-refractivity contribution in [3.63, 3.8) is 0 Å². The van der Waals surface area contributed by atoms with Crippen LogP contribution in [-0.2, 0) is 12.8 Å². The Morgan fingerprint density at radius 1 is 1.14 bits per heavy atom. The van der Waals surface area contributed by atoms with Gasteiger partial charge in [-0.15, -0.1) is 0 Å². The second-order valence-corrected chi connectivity index (χ2v) is 7.56. The topological polar surface area (TPSA) is 50.3 Å². The summed E-state index contributed by atoms with van der Waals surface area (Å²) in [5.41, 5.74) is 6.75. The molecule has 2 aromatic carbocycles. The molecular formula is C24H30N4O. The third-order valence-electron chi connectivity index (χ3n) is 5.95. The molecule has 1 aliphatic heterocycles. The van der Waals surface area contributed by atoms with Gasteiger partial charge in [0.15, 0.2) is 0 Å². The fourth-order valence-corrected chi connectivity index (χ4v) is 4.21. The molecular weight excluding hydrogens is 360 g/mol. The first kappa shape index (κ1) is 19.8. The lowest BCUT2D eigenvalue weighted by Crippen LogP contribution is -2.31. The number of methoxy groups -OCH3 is 1. The van der Waals surface area contributed by atoms with Crippen molar-refractivity contribution in [1.82, 2.24) is 20.2 Å². The molecule has 1 N–H and O–H groups in total. The minimum Gasteiger partial charge on any atom is -0.496 e. The van der Waals surface area contributed by atoms with Gasteiger partial charge >= 0.3 is 0 Å². The Morgan fingerprint density at radius 2 is 1.93 bits per heavy atom. The zero-order valence-corrected chi connectivity index (χ0v) is 17.6. The second kappa shape index (κ2) is 8.89. The minimum absolute atomic E-state index is 0.0639. The van der Waals surface area contributed by atoms with E-state index < -0.39 is 0 Å². The standard InChI is InChI=1S/C24H30N4O/c1-4-28(5-2)13-11-18-14-19-17(15-23(18)29-3)10-12-25-24(19)22-16-26-20-8-6-7-9-21(20)27-22/h6-9,14-16,24-25H,4-5,10-13H2,1-3H3. The number of nitrogens with zero attached hydrogens (tertiary/aromatic N) is 3. The molecule has 1 aliphatic rings. The molecule has 29 heavy (non-hydrogen) atoms. The molecule has 0 fully saturated rings. The maximum absolute atomic E-state index is 5.74. The second-order valence-electron chi connectivity index (χ2n) is 7.56. The molecule has 5 heteroatoms. The van der Waals surface area contributed by atoms with Gasteiger partial charge in [0.05, 0.1) is 36.1 Å². The Morgan fingerprint density at radius 3 is 2.69 bits per heavy atom. The molecule has 2 heterocycles. The summed E-state index contributed by atoms with van der Waals surface area (Å²) in [6.45, 7) is 8.53. The van der Waals surface area contributed by atoms with Crippen LogP contribution in [0.25, 0.3) is 11.0 Å². The number of ether oxygens (including phenoxy) is 1. The third-order valence-corrected chi connectivity index (χ3v) is 5.95. The Balaban J connectivity index is 1.70. The van der Waals surface area contributed by atoms with Crippen molar-refractivity contribution >= 4 is 11.0 Å². The number of likely N-dealkylation sites (N-methyl/N-ethyl adjacent to an activating group) is 1. The highest BCUT2D eigenvalue weighted by molar-refractivity contribution is 5.73. The van der Waals surface area contributed by atoms with Crippen LogP contribution in [0.1, 0.15) is 42.3 Å². The van der Waals surface area contributed by atoms with Crippen LogP contribution in [0, 0.1) is 0 Å². The lowest BCUT2D eigenvalue weighted by atomic mass is 9.89. The zero-order valence-electron chi connectivity index (χ0n) is 17.6. The molecule has 0 aliphatic carbocycles. The average molecular weight is 391 g/mol. The van der Waals surface area contributed by atoms with Crippen molar-refractivity contribution < 1.29 is 4.74 Å². The SMILES string of the molecule is CCN(CC)CCc1cc2c(cc1OC)CCNC2c1cnc2ccccc2n1. The first-order valence-electron chi connectivity index (χ1n) is 10.6. The number of fused-ring (bicyclic) bond motifs is 2. The van der Waals surface area contributed by atoms with E-state index in [4.69, 9.17) is 9.72 Å². The van der Waals surface area contributed by atoms with Gasteiger partial charge in [0.2, 0.25) is 0 Å².